The highest BCUT2D eigenvalue weighted by Gasteiger charge is 2.39. The molecule has 1 aromatic heterocycles. The molecule has 49 heavy (non-hydrogen) atoms. The van der Waals surface area contributed by atoms with Crippen molar-refractivity contribution >= 4 is 23.6 Å². The van der Waals surface area contributed by atoms with Gasteiger partial charge in [-0.2, -0.15) is 13.2 Å². The van der Waals surface area contributed by atoms with Gasteiger partial charge in [-0.1, -0.05) is 59.8 Å². The second-order valence-corrected chi connectivity index (χ2v) is 11.5. The minimum Gasteiger partial charge on any atom is -0.489 e. The van der Waals surface area contributed by atoms with E-state index in [1.807, 2.05) is 48.5 Å². The summed E-state index contributed by atoms with van der Waals surface area (Å²) in [6, 6.07) is 28.9. The summed E-state index contributed by atoms with van der Waals surface area (Å²) in [5, 5.41) is 6.76. The molecule has 4 aromatic carbocycles. The number of benzene rings is 4. The number of nitrogens with zero attached hydrogens (tertiary/aromatic N) is 2. The molecule has 250 valence electrons. The molecule has 0 bridgehead atoms. The number of nitrogens with one attached hydrogen (secondary N) is 1. The summed E-state index contributed by atoms with van der Waals surface area (Å²) in [7, 11) is 0. The van der Waals surface area contributed by atoms with E-state index < -0.39 is 35.7 Å². The highest BCUT2D eigenvalue weighted by molar-refractivity contribution is 6.04. The van der Waals surface area contributed by atoms with Crippen molar-refractivity contribution in [1.29, 1.82) is 0 Å². The molecule has 1 unspecified atom stereocenters. The number of cyclic esters (lactones) is 1. The quantitative estimate of drug-likeness (QED) is 0.154. The molecule has 3 amide bonds. The summed E-state index contributed by atoms with van der Waals surface area (Å²) in [6.07, 6.45) is -3.30. The van der Waals surface area contributed by atoms with Crippen LogP contribution in [0, 0.1) is 0 Å². The molecule has 9 nitrogen and oxygen atoms in total. The molecular formula is C37H30F3N3O6. The first-order chi connectivity index (χ1) is 23.6. The second-order valence-electron chi connectivity index (χ2n) is 11.5. The minimum atomic E-state index is -4.49. The molecule has 0 aliphatic carbocycles. The molecule has 12 heteroatoms. The van der Waals surface area contributed by atoms with Crippen LogP contribution in [-0.4, -0.2) is 40.6 Å². The van der Waals surface area contributed by atoms with Crippen molar-refractivity contribution in [3.63, 3.8) is 0 Å². The highest BCUT2D eigenvalue weighted by atomic mass is 19.4. The number of carbonyl (C=O) groups excluding carboxylic acids is 3. The minimum absolute atomic E-state index is 0.0435. The van der Waals surface area contributed by atoms with Crippen molar-refractivity contribution in [1.82, 2.24) is 10.1 Å². The fourth-order valence-corrected chi connectivity index (χ4v) is 5.59. The van der Waals surface area contributed by atoms with E-state index in [0.717, 1.165) is 41.0 Å². The number of hydrogen-bond acceptors (Lipinski definition) is 7. The van der Waals surface area contributed by atoms with Gasteiger partial charge in [0.15, 0.2) is 0 Å². The Morgan fingerprint density at radius 3 is 2.35 bits per heavy atom. The third kappa shape index (κ3) is 8.15. The molecule has 6 rings (SSSR count). The number of aromatic nitrogens is 1. The van der Waals surface area contributed by atoms with Gasteiger partial charge in [-0.25, -0.2) is 9.69 Å². The third-order valence-electron chi connectivity index (χ3n) is 8.08. The van der Waals surface area contributed by atoms with Crippen LogP contribution in [0.3, 0.4) is 0 Å². The lowest BCUT2D eigenvalue weighted by atomic mass is 9.91. The van der Waals surface area contributed by atoms with Crippen molar-refractivity contribution in [2.45, 2.75) is 37.6 Å². The molecule has 0 radical (unpaired) electrons. The van der Waals surface area contributed by atoms with E-state index in [-0.39, 0.29) is 31.1 Å². The standard InChI is InChI=1S/C37H30F3N3O6/c38-37(39,40)28-13-9-27(10-14-28)35(45)41-29-8-4-7-25(19-29)22-47-31-15-11-26(12-16-31)32(33-17-18-49-42-33)21-34(44)43-30(23-48-36(43)46)20-24-5-2-1-3-6-24/h1-19,30,32H,20-23H2,(H,41,45)/t30?,32-/m0/s1. The zero-order valence-corrected chi connectivity index (χ0v) is 25.9. The van der Waals surface area contributed by atoms with E-state index in [1.165, 1.54) is 11.2 Å². The highest BCUT2D eigenvalue weighted by Crippen LogP contribution is 2.32. The number of alkyl halides is 3. The van der Waals surface area contributed by atoms with Gasteiger partial charge in [0.25, 0.3) is 5.91 Å². The van der Waals surface area contributed by atoms with Crippen molar-refractivity contribution in [2.24, 2.45) is 0 Å². The Kier molecular flexibility index (Phi) is 9.74. The van der Waals surface area contributed by atoms with Gasteiger partial charge in [0, 0.05) is 29.7 Å². The average Bonchev–Trinajstić information content (AvgIpc) is 3.77. The van der Waals surface area contributed by atoms with Crippen molar-refractivity contribution in [2.75, 3.05) is 11.9 Å². The Labute approximate surface area is 279 Å². The van der Waals surface area contributed by atoms with E-state index in [4.69, 9.17) is 14.0 Å². The van der Waals surface area contributed by atoms with Gasteiger partial charge in [0.2, 0.25) is 5.91 Å². The van der Waals surface area contributed by atoms with E-state index in [1.54, 1.807) is 36.4 Å². The van der Waals surface area contributed by atoms with E-state index >= 15 is 0 Å². The number of hydrogen-bond donors (Lipinski definition) is 1. The smallest absolute Gasteiger partial charge is 0.416 e. The van der Waals surface area contributed by atoms with Crippen molar-refractivity contribution in [3.05, 3.63) is 149 Å². The van der Waals surface area contributed by atoms with Crippen LogP contribution in [0.4, 0.5) is 23.7 Å². The number of anilines is 1. The van der Waals surface area contributed by atoms with Crippen LogP contribution in [0.5, 0.6) is 5.75 Å². The number of ether oxygens (including phenoxy) is 2. The Hall–Kier alpha value is -5.91. The Morgan fingerprint density at radius 2 is 1.65 bits per heavy atom. The first-order valence-electron chi connectivity index (χ1n) is 15.4. The van der Waals surface area contributed by atoms with Crippen LogP contribution >= 0.6 is 0 Å². The maximum absolute atomic E-state index is 13.6. The number of imide groups is 1. The Morgan fingerprint density at radius 1 is 0.918 bits per heavy atom. The van der Waals surface area contributed by atoms with Crippen LogP contribution in [0.2, 0.25) is 0 Å². The predicted molar refractivity (Wildman–Crippen MR) is 172 cm³/mol. The summed E-state index contributed by atoms with van der Waals surface area (Å²) in [5.74, 6) is -0.895. The predicted octanol–water partition coefficient (Wildman–Crippen LogP) is 7.64. The van der Waals surface area contributed by atoms with E-state index in [9.17, 15) is 27.6 Å². The van der Waals surface area contributed by atoms with Gasteiger partial charge >= 0.3 is 12.3 Å². The van der Waals surface area contributed by atoms with E-state index in [2.05, 4.69) is 10.5 Å². The van der Waals surface area contributed by atoms with Crippen molar-refractivity contribution in [3.8, 4) is 5.75 Å². The zero-order valence-electron chi connectivity index (χ0n) is 25.9. The molecule has 1 aliphatic heterocycles. The lowest BCUT2D eigenvalue weighted by Gasteiger charge is -2.22. The molecule has 0 saturated carbocycles. The van der Waals surface area contributed by atoms with Gasteiger partial charge in [-0.05, 0) is 71.6 Å². The Balaban J connectivity index is 1.09. The number of amides is 3. The summed E-state index contributed by atoms with van der Waals surface area (Å²) in [4.78, 5) is 40.0. The Bertz CT molecular complexity index is 1900. The topological polar surface area (TPSA) is 111 Å². The number of carbonyl (C=O) groups is 3. The van der Waals surface area contributed by atoms with Gasteiger partial charge in [-0.3, -0.25) is 9.59 Å². The van der Waals surface area contributed by atoms with Gasteiger partial charge < -0.3 is 19.3 Å². The SMILES string of the molecule is O=C(Nc1cccc(COc2ccc([C@H](CC(=O)N3C(=O)OCC3Cc3ccccc3)c3ccon3)cc2)c1)c1ccc(C(F)(F)F)cc1. The van der Waals surface area contributed by atoms with Gasteiger partial charge in [0.05, 0.1) is 17.3 Å². The summed E-state index contributed by atoms with van der Waals surface area (Å²) in [5.41, 5.74) is 2.73. The fourth-order valence-electron chi connectivity index (χ4n) is 5.59. The molecule has 5 aromatic rings. The third-order valence-corrected chi connectivity index (χ3v) is 8.08. The maximum Gasteiger partial charge on any atom is 0.416 e. The summed E-state index contributed by atoms with van der Waals surface area (Å²) < 4.78 is 54.8. The van der Waals surface area contributed by atoms with E-state index in [0.29, 0.717) is 23.6 Å². The van der Waals surface area contributed by atoms with Crippen LogP contribution in [-0.2, 0) is 28.7 Å². The average molecular weight is 670 g/mol. The molecule has 0 spiro atoms. The lowest BCUT2D eigenvalue weighted by Crippen LogP contribution is -2.40. The van der Waals surface area contributed by atoms with Crippen molar-refractivity contribution < 1.29 is 41.6 Å². The molecule has 1 aliphatic rings. The molecular weight excluding hydrogens is 639 g/mol. The molecule has 1 N–H and O–H groups in total. The van der Waals surface area contributed by atoms with Crippen LogP contribution in [0.1, 0.15) is 50.6 Å². The maximum atomic E-state index is 13.6. The van der Waals surface area contributed by atoms with Gasteiger partial charge in [0.1, 0.15) is 25.2 Å². The normalized spacial score (nSPS) is 15.0. The molecule has 2 atom stereocenters. The van der Waals surface area contributed by atoms with Gasteiger partial charge in [-0.15, -0.1) is 0 Å². The molecule has 2 heterocycles. The largest absolute Gasteiger partial charge is 0.489 e. The van der Waals surface area contributed by atoms with Crippen LogP contribution < -0.4 is 10.1 Å². The zero-order chi connectivity index (χ0) is 34.4. The van der Waals surface area contributed by atoms with Crippen LogP contribution in [0.15, 0.2) is 120 Å². The summed E-state index contributed by atoms with van der Waals surface area (Å²) >= 11 is 0. The molecule has 1 saturated heterocycles. The first kappa shape index (κ1) is 33.0. The molecule has 1 fully saturated rings. The number of halogens is 3. The number of rotatable bonds is 11. The first-order valence-corrected chi connectivity index (χ1v) is 15.4. The summed E-state index contributed by atoms with van der Waals surface area (Å²) in [6.45, 7) is 0.281. The monoisotopic (exact) mass is 669 g/mol. The second kappa shape index (κ2) is 14.5. The lowest BCUT2D eigenvalue weighted by molar-refractivity contribution is -0.137. The fraction of sp³-hybridized carbons (Fsp3) is 0.189. The van der Waals surface area contributed by atoms with Crippen LogP contribution in [0.25, 0.3) is 0 Å².